The number of esters is 2. The summed E-state index contributed by atoms with van der Waals surface area (Å²) in [7, 11) is 2.55. The van der Waals surface area contributed by atoms with Crippen molar-refractivity contribution in [1.82, 2.24) is 0 Å². The van der Waals surface area contributed by atoms with Gasteiger partial charge in [0.25, 0.3) is 0 Å². The van der Waals surface area contributed by atoms with Gasteiger partial charge in [0.1, 0.15) is 6.61 Å². The molecule has 0 aliphatic heterocycles. The second kappa shape index (κ2) is 12.6. The number of hydrogen-bond donors (Lipinski definition) is 2. The Bertz CT molecular complexity index is 193. The molecule has 0 aliphatic rings. The van der Waals surface area contributed by atoms with Crippen LogP contribution < -0.4 is 0 Å². The number of carbonyl (C=O) groups is 2. The molecule has 0 aromatic rings. The average Bonchev–Trinajstić information content (AvgIpc) is 2.28. The summed E-state index contributed by atoms with van der Waals surface area (Å²) in [6.45, 7) is -0.562. The van der Waals surface area contributed by atoms with E-state index in [1.807, 2.05) is 0 Å². The number of carbonyl (C=O) groups excluding carboxylic acids is 2. The van der Waals surface area contributed by atoms with Crippen LogP contribution in [0.5, 0.6) is 0 Å². The third-order valence-corrected chi connectivity index (χ3v) is 1.14. The summed E-state index contributed by atoms with van der Waals surface area (Å²) in [6.07, 6.45) is 3.29. The first kappa shape index (κ1) is 16.0. The van der Waals surface area contributed by atoms with E-state index in [1.165, 1.54) is 20.3 Å². The molecule has 0 fully saturated rings. The number of rotatable bonds is 4. The highest BCUT2D eigenvalue weighted by atomic mass is 16.5. The highest BCUT2D eigenvalue weighted by Gasteiger charge is 1.91. The lowest BCUT2D eigenvalue weighted by Gasteiger charge is -1.90. The van der Waals surface area contributed by atoms with E-state index < -0.39 is 12.6 Å². The predicted octanol–water partition coefficient (Wildman–Crippen LogP) is -0.750. The number of aliphatic hydroxyl groups is 2. The number of ether oxygens (including phenoxy) is 2. The van der Waals surface area contributed by atoms with Gasteiger partial charge >= 0.3 is 11.9 Å². The van der Waals surface area contributed by atoms with Gasteiger partial charge in [0, 0.05) is 0 Å². The second-order valence-corrected chi connectivity index (χ2v) is 2.17. The van der Waals surface area contributed by atoms with Crippen molar-refractivity contribution in [2.24, 2.45) is 0 Å². The van der Waals surface area contributed by atoms with E-state index in [0.717, 1.165) is 0 Å². The standard InChI is InChI=1S/C6H10O3.C3H6O3/c1-9-6(8)4-2-3-5-7;1-6-3(5)2-4/h2-3,7H,4-5H2,1H3;4H,2H2,1H3. The van der Waals surface area contributed by atoms with E-state index in [1.54, 1.807) is 6.08 Å². The SMILES string of the molecule is COC(=O)CC=CCO.COC(=O)CO. The molecule has 0 bridgehead atoms. The van der Waals surface area contributed by atoms with Gasteiger partial charge in [-0.1, -0.05) is 12.2 Å². The van der Waals surface area contributed by atoms with Crippen molar-refractivity contribution in [3.05, 3.63) is 12.2 Å². The number of hydrogen-bond acceptors (Lipinski definition) is 6. The van der Waals surface area contributed by atoms with Gasteiger partial charge in [-0.25, -0.2) is 4.79 Å². The fraction of sp³-hybridized carbons (Fsp3) is 0.556. The van der Waals surface area contributed by atoms with Gasteiger partial charge in [0.05, 0.1) is 27.2 Å². The maximum absolute atomic E-state index is 10.3. The molecule has 0 saturated heterocycles. The fourth-order valence-corrected chi connectivity index (χ4v) is 0.402. The highest BCUT2D eigenvalue weighted by Crippen LogP contribution is 1.84. The van der Waals surface area contributed by atoms with Crippen LogP contribution in [-0.4, -0.2) is 49.6 Å². The topological polar surface area (TPSA) is 93.1 Å². The Morgan fingerprint density at radius 1 is 1.07 bits per heavy atom. The molecule has 15 heavy (non-hydrogen) atoms. The molecule has 0 heterocycles. The summed E-state index contributed by atoms with van der Waals surface area (Å²) < 4.78 is 8.34. The second-order valence-electron chi connectivity index (χ2n) is 2.17. The Hall–Kier alpha value is -1.40. The normalized spacial score (nSPS) is 9.07. The van der Waals surface area contributed by atoms with Crippen LogP contribution in [0.4, 0.5) is 0 Å². The zero-order valence-electron chi connectivity index (χ0n) is 8.80. The summed E-state index contributed by atoms with van der Waals surface area (Å²) >= 11 is 0. The number of methoxy groups -OCH3 is 2. The van der Waals surface area contributed by atoms with Crippen molar-refractivity contribution >= 4 is 11.9 Å². The minimum absolute atomic E-state index is 0.0308. The zero-order chi connectivity index (χ0) is 12.1. The van der Waals surface area contributed by atoms with Crippen LogP contribution in [0, 0.1) is 0 Å². The van der Waals surface area contributed by atoms with Gasteiger partial charge in [-0.05, 0) is 0 Å². The minimum atomic E-state index is -0.602. The summed E-state index contributed by atoms with van der Waals surface area (Å²) in [5.41, 5.74) is 0. The monoisotopic (exact) mass is 220 g/mol. The Kier molecular flexibility index (Phi) is 13.5. The summed E-state index contributed by atoms with van der Waals surface area (Å²) in [6, 6.07) is 0. The van der Waals surface area contributed by atoms with Crippen molar-refractivity contribution < 1.29 is 29.3 Å². The van der Waals surface area contributed by atoms with Crippen LogP contribution in [0.3, 0.4) is 0 Å². The first-order valence-corrected chi connectivity index (χ1v) is 4.12. The maximum Gasteiger partial charge on any atom is 0.331 e. The van der Waals surface area contributed by atoms with Crippen LogP contribution in [0.15, 0.2) is 12.2 Å². The average molecular weight is 220 g/mol. The molecule has 6 heteroatoms. The third kappa shape index (κ3) is 15.4. The smallest absolute Gasteiger partial charge is 0.331 e. The Labute approximate surface area is 88.1 Å². The van der Waals surface area contributed by atoms with Crippen LogP contribution in [0.1, 0.15) is 6.42 Å². The van der Waals surface area contributed by atoms with Crippen LogP contribution in [0.25, 0.3) is 0 Å². The van der Waals surface area contributed by atoms with Gasteiger partial charge in [-0.2, -0.15) is 0 Å². The molecule has 0 unspecified atom stereocenters. The summed E-state index contributed by atoms with van der Waals surface area (Å²) in [5, 5.41) is 16.1. The lowest BCUT2D eigenvalue weighted by atomic mass is 10.4. The lowest BCUT2D eigenvalue weighted by Crippen LogP contribution is -2.04. The third-order valence-electron chi connectivity index (χ3n) is 1.14. The minimum Gasteiger partial charge on any atom is -0.469 e. The van der Waals surface area contributed by atoms with Crippen molar-refractivity contribution in [2.45, 2.75) is 6.42 Å². The number of aliphatic hydroxyl groups excluding tert-OH is 2. The molecule has 0 spiro atoms. The molecule has 0 aromatic heterocycles. The van der Waals surface area contributed by atoms with Gasteiger partial charge in [0.2, 0.25) is 0 Å². The van der Waals surface area contributed by atoms with Crippen molar-refractivity contribution in [2.75, 3.05) is 27.4 Å². The van der Waals surface area contributed by atoms with E-state index in [0.29, 0.717) is 0 Å². The first-order valence-electron chi connectivity index (χ1n) is 4.12. The zero-order valence-corrected chi connectivity index (χ0v) is 8.80. The summed E-state index contributed by atoms with van der Waals surface area (Å²) in [5.74, 6) is -0.894. The Morgan fingerprint density at radius 3 is 1.87 bits per heavy atom. The van der Waals surface area contributed by atoms with E-state index >= 15 is 0 Å². The first-order chi connectivity index (χ1) is 7.12. The van der Waals surface area contributed by atoms with Crippen molar-refractivity contribution in [3.8, 4) is 0 Å². The molecule has 88 valence electrons. The molecule has 6 nitrogen and oxygen atoms in total. The largest absolute Gasteiger partial charge is 0.469 e. The maximum atomic E-state index is 10.3. The molecule has 0 rings (SSSR count). The van der Waals surface area contributed by atoms with Crippen LogP contribution in [0.2, 0.25) is 0 Å². The van der Waals surface area contributed by atoms with E-state index in [9.17, 15) is 9.59 Å². The molecule has 0 radical (unpaired) electrons. The van der Waals surface area contributed by atoms with E-state index in [2.05, 4.69) is 9.47 Å². The molecule has 0 aromatic carbocycles. The van der Waals surface area contributed by atoms with Gasteiger partial charge < -0.3 is 19.7 Å². The van der Waals surface area contributed by atoms with Gasteiger partial charge in [-0.15, -0.1) is 0 Å². The highest BCUT2D eigenvalue weighted by molar-refractivity contribution is 5.70. The van der Waals surface area contributed by atoms with Gasteiger partial charge in [-0.3, -0.25) is 4.79 Å². The molecule has 0 saturated carbocycles. The predicted molar refractivity (Wildman–Crippen MR) is 52.0 cm³/mol. The Balaban J connectivity index is 0. The molecule has 0 atom stereocenters. The molecule has 0 aliphatic carbocycles. The van der Waals surface area contributed by atoms with Crippen LogP contribution in [-0.2, 0) is 19.1 Å². The quantitative estimate of drug-likeness (QED) is 0.478. The molecular formula is C9H16O6. The van der Waals surface area contributed by atoms with E-state index in [4.69, 9.17) is 10.2 Å². The van der Waals surface area contributed by atoms with Crippen molar-refractivity contribution in [1.29, 1.82) is 0 Å². The lowest BCUT2D eigenvalue weighted by molar-refractivity contribution is -0.143. The van der Waals surface area contributed by atoms with Gasteiger partial charge in [0.15, 0.2) is 0 Å². The molecule has 2 N–H and O–H groups in total. The summed E-state index contributed by atoms with van der Waals surface area (Å²) in [4.78, 5) is 20.0. The fourth-order valence-electron chi connectivity index (χ4n) is 0.402. The van der Waals surface area contributed by atoms with Crippen molar-refractivity contribution in [3.63, 3.8) is 0 Å². The Morgan fingerprint density at radius 2 is 1.60 bits per heavy atom. The van der Waals surface area contributed by atoms with Crippen LogP contribution >= 0.6 is 0 Å². The van der Waals surface area contributed by atoms with E-state index in [-0.39, 0.29) is 19.0 Å². The molecule has 0 amide bonds. The molecular weight excluding hydrogens is 204 g/mol.